The molecule has 0 radical (unpaired) electrons. The topological polar surface area (TPSA) is 78.5 Å². The zero-order valence-corrected chi connectivity index (χ0v) is 11.9. The number of carbonyl (C=O) groups excluding carboxylic acids is 2. The monoisotopic (exact) mass is 296 g/mol. The molecule has 0 spiro atoms. The number of aliphatic carboxylic acids is 1. The Labute approximate surface area is 127 Å². The first-order chi connectivity index (χ1) is 10.6. The van der Waals surface area contributed by atoms with Crippen LogP contribution in [0, 0.1) is 0 Å². The van der Waals surface area contributed by atoms with Crippen LogP contribution in [-0.4, -0.2) is 19.0 Å². The fraction of sp³-hybridized carbons (Fsp3) is 0.0588. The second-order valence-electron chi connectivity index (χ2n) is 4.44. The molecule has 0 aliphatic heterocycles. The smallest absolute Gasteiger partial charge is 0.255 e. The van der Waals surface area contributed by atoms with Crippen molar-refractivity contribution in [2.75, 3.05) is 7.11 Å². The van der Waals surface area contributed by atoms with Crippen molar-refractivity contribution in [3.63, 3.8) is 0 Å². The lowest BCUT2D eigenvalue weighted by Gasteiger charge is -2.11. The second-order valence-corrected chi connectivity index (χ2v) is 4.44. The SMILES string of the molecule is COc1ccc(/C=C(/NC(=O)c2ccccc2)C(=O)[O-])cc1. The van der Waals surface area contributed by atoms with Gasteiger partial charge in [0, 0.05) is 5.56 Å². The van der Waals surface area contributed by atoms with Crippen molar-refractivity contribution >= 4 is 18.0 Å². The van der Waals surface area contributed by atoms with E-state index < -0.39 is 11.9 Å². The van der Waals surface area contributed by atoms with E-state index in [0.29, 0.717) is 16.9 Å². The molecule has 112 valence electrons. The number of methoxy groups -OCH3 is 1. The zero-order chi connectivity index (χ0) is 15.9. The number of carbonyl (C=O) groups is 2. The van der Waals surface area contributed by atoms with Crippen molar-refractivity contribution in [1.82, 2.24) is 5.32 Å². The van der Waals surface area contributed by atoms with Gasteiger partial charge in [-0.25, -0.2) is 0 Å². The van der Waals surface area contributed by atoms with Gasteiger partial charge in [0.2, 0.25) is 0 Å². The summed E-state index contributed by atoms with van der Waals surface area (Å²) >= 11 is 0. The number of ether oxygens (including phenoxy) is 1. The summed E-state index contributed by atoms with van der Waals surface area (Å²) in [6.07, 6.45) is 1.33. The summed E-state index contributed by atoms with van der Waals surface area (Å²) in [4.78, 5) is 23.2. The van der Waals surface area contributed by atoms with Crippen LogP contribution in [0.5, 0.6) is 5.75 Å². The summed E-state index contributed by atoms with van der Waals surface area (Å²) < 4.78 is 5.02. The minimum Gasteiger partial charge on any atom is -0.543 e. The van der Waals surface area contributed by atoms with Gasteiger partial charge in [0.15, 0.2) is 0 Å². The molecule has 1 N–H and O–H groups in total. The third kappa shape index (κ3) is 3.96. The molecule has 2 rings (SSSR count). The van der Waals surface area contributed by atoms with Crippen molar-refractivity contribution in [1.29, 1.82) is 0 Å². The van der Waals surface area contributed by atoms with Gasteiger partial charge in [-0.3, -0.25) is 4.79 Å². The molecule has 0 saturated carbocycles. The van der Waals surface area contributed by atoms with Gasteiger partial charge < -0.3 is 20.0 Å². The number of carboxylic acid groups (broad SMARTS) is 1. The molecule has 5 heteroatoms. The average molecular weight is 296 g/mol. The van der Waals surface area contributed by atoms with Crippen molar-refractivity contribution in [3.8, 4) is 5.75 Å². The van der Waals surface area contributed by atoms with E-state index in [0.717, 1.165) is 0 Å². The molecule has 0 atom stereocenters. The number of hydrogen-bond acceptors (Lipinski definition) is 4. The number of rotatable bonds is 5. The van der Waals surface area contributed by atoms with Gasteiger partial charge in [-0.05, 0) is 35.9 Å². The largest absolute Gasteiger partial charge is 0.543 e. The first-order valence-corrected chi connectivity index (χ1v) is 6.53. The number of nitrogens with one attached hydrogen (secondary N) is 1. The molecule has 5 nitrogen and oxygen atoms in total. The zero-order valence-electron chi connectivity index (χ0n) is 11.9. The van der Waals surface area contributed by atoms with Gasteiger partial charge >= 0.3 is 0 Å². The van der Waals surface area contributed by atoms with Gasteiger partial charge in [-0.15, -0.1) is 0 Å². The highest BCUT2D eigenvalue weighted by Gasteiger charge is 2.08. The highest BCUT2D eigenvalue weighted by Crippen LogP contribution is 2.13. The predicted molar refractivity (Wildman–Crippen MR) is 79.9 cm³/mol. The molecule has 0 heterocycles. The normalized spacial score (nSPS) is 10.9. The number of carboxylic acids is 1. The van der Waals surface area contributed by atoms with E-state index in [2.05, 4.69) is 5.32 Å². The van der Waals surface area contributed by atoms with Gasteiger partial charge in [0.05, 0.1) is 18.8 Å². The van der Waals surface area contributed by atoms with Crippen molar-refractivity contribution in [3.05, 3.63) is 71.4 Å². The van der Waals surface area contributed by atoms with Crippen molar-refractivity contribution < 1.29 is 19.4 Å². The van der Waals surface area contributed by atoms with Gasteiger partial charge in [-0.1, -0.05) is 30.3 Å². The molecule has 2 aromatic carbocycles. The molecule has 2 aromatic rings. The highest BCUT2D eigenvalue weighted by molar-refractivity contribution is 6.02. The Hall–Kier alpha value is -3.08. The number of amides is 1. The molecule has 0 aliphatic carbocycles. The average Bonchev–Trinajstić information content (AvgIpc) is 2.55. The highest BCUT2D eigenvalue weighted by atomic mass is 16.5. The first kappa shape index (κ1) is 15.3. The van der Waals surface area contributed by atoms with Gasteiger partial charge in [0.1, 0.15) is 5.75 Å². The molecule has 0 bridgehead atoms. The fourth-order valence-electron chi connectivity index (χ4n) is 1.80. The third-order valence-corrected chi connectivity index (χ3v) is 2.93. The molecule has 0 unspecified atom stereocenters. The van der Waals surface area contributed by atoms with E-state index in [1.165, 1.54) is 13.2 Å². The third-order valence-electron chi connectivity index (χ3n) is 2.93. The van der Waals surface area contributed by atoms with Gasteiger partial charge in [-0.2, -0.15) is 0 Å². The molecule has 0 aromatic heterocycles. The Bertz CT molecular complexity index is 690. The van der Waals surface area contributed by atoms with Crippen LogP contribution >= 0.6 is 0 Å². The summed E-state index contributed by atoms with van der Waals surface area (Å²) in [5.74, 6) is -1.31. The van der Waals surface area contributed by atoms with Crippen LogP contribution in [0.1, 0.15) is 15.9 Å². The Kier molecular flexibility index (Phi) is 4.93. The van der Waals surface area contributed by atoms with Crippen LogP contribution < -0.4 is 15.2 Å². The van der Waals surface area contributed by atoms with E-state index in [1.807, 2.05) is 0 Å². The molecule has 0 fully saturated rings. The Morgan fingerprint density at radius 1 is 1.05 bits per heavy atom. The maximum Gasteiger partial charge on any atom is 0.255 e. The van der Waals surface area contributed by atoms with Crippen molar-refractivity contribution in [2.24, 2.45) is 0 Å². The standard InChI is InChI=1S/C17H15NO4/c1-22-14-9-7-12(8-10-14)11-15(17(20)21)18-16(19)13-5-3-2-4-6-13/h2-11H,1H3,(H,18,19)(H,20,21)/p-1/b15-11+. The lowest BCUT2D eigenvalue weighted by atomic mass is 10.1. The maximum absolute atomic E-state index is 12.0. The lowest BCUT2D eigenvalue weighted by molar-refractivity contribution is -0.299. The van der Waals surface area contributed by atoms with Crippen LogP contribution in [-0.2, 0) is 4.79 Å². The molecule has 22 heavy (non-hydrogen) atoms. The van der Waals surface area contributed by atoms with Gasteiger partial charge in [0.25, 0.3) is 5.91 Å². The Morgan fingerprint density at radius 3 is 2.23 bits per heavy atom. The molecular weight excluding hydrogens is 282 g/mol. The first-order valence-electron chi connectivity index (χ1n) is 6.53. The number of hydrogen-bond donors (Lipinski definition) is 1. The molecule has 1 amide bonds. The van der Waals surface area contributed by atoms with Crippen LogP contribution in [0.15, 0.2) is 60.3 Å². The van der Waals surface area contributed by atoms with Crippen molar-refractivity contribution in [2.45, 2.75) is 0 Å². The Balaban J connectivity index is 2.20. The number of benzene rings is 2. The molecule has 0 aliphatic rings. The van der Waals surface area contributed by atoms with Crippen LogP contribution in [0.3, 0.4) is 0 Å². The summed E-state index contributed by atoms with van der Waals surface area (Å²) in [5, 5.41) is 13.5. The predicted octanol–water partition coefficient (Wildman–Crippen LogP) is 1.22. The maximum atomic E-state index is 12.0. The fourth-order valence-corrected chi connectivity index (χ4v) is 1.80. The summed E-state index contributed by atoms with van der Waals surface area (Å²) in [5.41, 5.74) is 0.664. The quantitative estimate of drug-likeness (QED) is 0.841. The van der Waals surface area contributed by atoms with E-state index in [9.17, 15) is 14.7 Å². The van der Waals surface area contributed by atoms with E-state index >= 15 is 0 Å². The Morgan fingerprint density at radius 2 is 1.68 bits per heavy atom. The van der Waals surface area contributed by atoms with E-state index in [4.69, 9.17) is 4.74 Å². The van der Waals surface area contributed by atoms with E-state index in [1.54, 1.807) is 54.6 Å². The summed E-state index contributed by atoms with van der Waals surface area (Å²) in [6, 6.07) is 15.1. The summed E-state index contributed by atoms with van der Waals surface area (Å²) in [6.45, 7) is 0. The van der Waals surface area contributed by atoms with E-state index in [-0.39, 0.29) is 5.70 Å². The minimum absolute atomic E-state index is 0.306. The molecule has 0 saturated heterocycles. The minimum atomic E-state index is -1.46. The summed E-state index contributed by atoms with van der Waals surface area (Å²) in [7, 11) is 1.54. The van der Waals surface area contributed by atoms with Crippen LogP contribution in [0.25, 0.3) is 6.08 Å². The van der Waals surface area contributed by atoms with Crippen LogP contribution in [0.4, 0.5) is 0 Å². The molecular formula is C17H14NO4-. The second kappa shape index (κ2) is 7.08. The van der Waals surface area contributed by atoms with Crippen LogP contribution in [0.2, 0.25) is 0 Å². The lowest BCUT2D eigenvalue weighted by Crippen LogP contribution is -2.35.